The zero-order valence-electron chi connectivity index (χ0n) is 10.7. The average molecular weight is 253 g/mol. The summed E-state index contributed by atoms with van der Waals surface area (Å²) in [6.07, 6.45) is 3.87. The van der Waals surface area contributed by atoms with Gasteiger partial charge < -0.3 is 10.1 Å². The number of methoxy groups -OCH3 is 1. The smallest absolute Gasteiger partial charge is 0.0587 e. The molecule has 17 heavy (non-hydrogen) atoms. The Morgan fingerprint density at radius 1 is 1.06 bits per heavy atom. The number of rotatable bonds is 10. The molecule has 0 atom stereocenters. The van der Waals surface area contributed by atoms with E-state index in [1.165, 1.54) is 29.9 Å². The molecule has 0 amide bonds. The first-order valence-corrected chi connectivity index (χ1v) is 7.29. The monoisotopic (exact) mass is 253 g/mol. The van der Waals surface area contributed by atoms with Crippen LogP contribution in [-0.2, 0) is 4.74 Å². The van der Waals surface area contributed by atoms with Gasteiger partial charge in [-0.1, -0.05) is 24.6 Å². The Morgan fingerprint density at radius 2 is 1.88 bits per heavy atom. The Hall–Kier alpha value is -0.510. The maximum atomic E-state index is 4.97. The molecule has 0 fully saturated rings. The number of ether oxygens (including phenoxy) is 1. The summed E-state index contributed by atoms with van der Waals surface area (Å²) in [6, 6.07) is 10.6. The van der Waals surface area contributed by atoms with E-state index in [1.807, 2.05) is 11.8 Å². The molecular formula is C14H23NOS. The zero-order valence-corrected chi connectivity index (χ0v) is 11.5. The van der Waals surface area contributed by atoms with Crippen LogP contribution in [0.1, 0.15) is 19.3 Å². The number of hydrogen-bond acceptors (Lipinski definition) is 3. The molecule has 0 aromatic heterocycles. The third kappa shape index (κ3) is 8.25. The molecular weight excluding hydrogens is 230 g/mol. The third-order valence-electron chi connectivity index (χ3n) is 2.49. The third-order valence-corrected chi connectivity index (χ3v) is 3.59. The second kappa shape index (κ2) is 10.6. The fourth-order valence-electron chi connectivity index (χ4n) is 1.53. The average Bonchev–Trinajstić information content (AvgIpc) is 2.38. The van der Waals surface area contributed by atoms with Gasteiger partial charge in [0, 0.05) is 18.6 Å². The maximum Gasteiger partial charge on any atom is 0.0587 e. The van der Waals surface area contributed by atoms with Crippen molar-refractivity contribution in [2.24, 2.45) is 0 Å². The molecule has 0 saturated heterocycles. The lowest BCUT2D eigenvalue weighted by atomic mass is 10.2. The Kier molecular flexibility index (Phi) is 9.10. The zero-order chi connectivity index (χ0) is 12.2. The Morgan fingerprint density at radius 3 is 2.65 bits per heavy atom. The van der Waals surface area contributed by atoms with Crippen molar-refractivity contribution >= 4 is 11.8 Å². The van der Waals surface area contributed by atoms with Crippen LogP contribution in [0.5, 0.6) is 0 Å². The lowest BCUT2D eigenvalue weighted by Crippen LogP contribution is -2.20. The first kappa shape index (κ1) is 14.6. The normalized spacial score (nSPS) is 10.6. The van der Waals surface area contributed by atoms with Crippen LogP contribution in [0.25, 0.3) is 0 Å². The molecule has 1 rings (SSSR count). The molecule has 1 N–H and O–H groups in total. The summed E-state index contributed by atoms with van der Waals surface area (Å²) in [5, 5.41) is 3.36. The molecule has 2 nitrogen and oxygen atoms in total. The minimum atomic E-state index is 0.809. The predicted molar refractivity (Wildman–Crippen MR) is 75.8 cm³/mol. The van der Waals surface area contributed by atoms with Crippen molar-refractivity contribution < 1.29 is 4.74 Å². The minimum Gasteiger partial charge on any atom is -0.383 e. The second-order valence-electron chi connectivity index (χ2n) is 3.96. The maximum absolute atomic E-state index is 4.97. The standard InChI is InChI=1S/C14H23NOS/c1-16-12-11-15-10-6-3-7-13-17-14-8-4-2-5-9-14/h2,4-5,8-9,15H,3,6-7,10-13H2,1H3. The van der Waals surface area contributed by atoms with Gasteiger partial charge in [0.15, 0.2) is 0 Å². The molecule has 0 heterocycles. The molecule has 0 aliphatic rings. The first-order chi connectivity index (χ1) is 8.43. The predicted octanol–water partition coefficient (Wildman–Crippen LogP) is 3.19. The van der Waals surface area contributed by atoms with Crippen LogP contribution in [0.4, 0.5) is 0 Å². The summed E-state index contributed by atoms with van der Waals surface area (Å²) in [7, 11) is 1.74. The van der Waals surface area contributed by atoms with Crippen LogP contribution >= 0.6 is 11.8 Å². The minimum absolute atomic E-state index is 0.809. The molecule has 0 bridgehead atoms. The highest BCUT2D eigenvalue weighted by atomic mass is 32.2. The van der Waals surface area contributed by atoms with E-state index in [0.717, 1.165) is 19.7 Å². The fourth-order valence-corrected chi connectivity index (χ4v) is 2.47. The molecule has 0 saturated carbocycles. The van der Waals surface area contributed by atoms with E-state index in [4.69, 9.17) is 4.74 Å². The van der Waals surface area contributed by atoms with Crippen LogP contribution < -0.4 is 5.32 Å². The van der Waals surface area contributed by atoms with Crippen molar-refractivity contribution in [3.8, 4) is 0 Å². The van der Waals surface area contributed by atoms with Gasteiger partial charge in [-0.3, -0.25) is 0 Å². The Bertz CT molecular complexity index is 266. The van der Waals surface area contributed by atoms with E-state index in [1.54, 1.807) is 7.11 Å². The topological polar surface area (TPSA) is 21.3 Å². The summed E-state index contributed by atoms with van der Waals surface area (Å²) in [5.74, 6) is 1.22. The molecule has 3 heteroatoms. The van der Waals surface area contributed by atoms with Crippen LogP contribution in [0.2, 0.25) is 0 Å². The van der Waals surface area contributed by atoms with Crippen LogP contribution in [0, 0.1) is 0 Å². The van der Waals surface area contributed by atoms with Crippen molar-refractivity contribution in [1.29, 1.82) is 0 Å². The number of nitrogens with one attached hydrogen (secondary N) is 1. The van der Waals surface area contributed by atoms with Gasteiger partial charge in [-0.2, -0.15) is 0 Å². The molecule has 0 unspecified atom stereocenters. The molecule has 0 aliphatic heterocycles. The lowest BCUT2D eigenvalue weighted by Gasteiger charge is -2.04. The number of unbranched alkanes of at least 4 members (excludes halogenated alkanes) is 2. The van der Waals surface area contributed by atoms with Crippen LogP contribution in [-0.4, -0.2) is 32.6 Å². The highest BCUT2D eigenvalue weighted by Crippen LogP contribution is 2.18. The van der Waals surface area contributed by atoms with E-state index >= 15 is 0 Å². The fraction of sp³-hybridized carbons (Fsp3) is 0.571. The summed E-state index contributed by atoms with van der Waals surface area (Å²) in [6.45, 7) is 2.89. The van der Waals surface area contributed by atoms with Crippen LogP contribution in [0.15, 0.2) is 35.2 Å². The SMILES string of the molecule is COCCNCCCCCSc1ccccc1. The molecule has 1 aromatic carbocycles. The highest BCUT2D eigenvalue weighted by Gasteiger charge is 1.93. The van der Waals surface area contributed by atoms with Gasteiger partial charge in [0.1, 0.15) is 0 Å². The van der Waals surface area contributed by atoms with E-state index < -0.39 is 0 Å². The van der Waals surface area contributed by atoms with E-state index in [0.29, 0.717) is 0 Å². The number of thioether (sulfide) groups is 1. The number of benzene rings is 1. The molecule has 1 aromatic rings. The highest BCUT2D eigenvalue weighted by molar-refractivity contribution is 7.99. The van der Waals surface area contributed by atoms with E-state index in [2.05, 4.69) is 35.6 Å². The van der Waals surface area contributed by atoms with E-state index in [-0.39, 0.29) is 0 Å². The molecule has 0 spiro atoms. The molecule has 0 aliphatic carbocycles. The van der Waals surface area contributed by atoms with Gasteiger partial charge >= 0.3 is 0 Å². The number of hydrogen-bond donors (Lipinski definition) is 1. The van der Waals surface area contributed by atoms with Gasteiger partial charge in [0.25, 0.3) is 0 Å². The van der Waals surface area contributed by atoms with Gasteiger partial charge in [-0.15, -0.1) is 11.8 Å². The quantitative estimate of drug-likeness (QED) is 0.511. The van der Waals surface area contributed by atoms with Crippen molar-refractivity contribution in [2.75, 3.05) is 32.6 Å². The molecule has 0 radical (unpaired) electrons. The van der Waals surface area contributed by atoms with Gasteiger partial charge in [-0.25, -0.2) is 0 Å². The summed E-state index contributed by atoms with van der Waals surface area (Å²) in [4.78, 5) is 1.38. The largest absolute Gasteiger partial charge is 0.383 e. The van der Waals surface area contributed by atoms with Crippen LogP contribution in [0.3, 0.4) is 0 Å². The Balaban J connectivity index is 1.85. The van der Waals surface area contributed by atoms with Gasteiger partial charge in [0.2, 0.25) is 0 Å². The van der Waals surface area contributed by atoms with Crippen molar-refractivity contribution in [3.63, 3.8) is 0 Å². The van der Waals surface area contributed by atoms with Crippen molar-refractivity contribution in [2.45, 2.75) is 24.2 Å². The lowest BCUT2D eigenvalue weighted by molar-refractivity contribution is 0.199. The van der Waals surface area contributed by atoms with Gasteiger partial charge in [-0.05, 0) is 37.3 Å². The van der Waals surface area contributed by atoms with Gasteiger partial charge in [0.05, 0.1) is 6.61 Å². The summed E-state index contributed by atoms with van der Waals surface area (Å²) in [5.41, 5.74) is 0. The first-order valence-electron chi connectivity index (χ1n) is 6.31. The van der Waals surface area contributed by atoms with Crippen molar-refractivity contribution in [3.05, 3.63) is 30.3 Å². The Labute approximate surface area is 109 Å². The second-order valence-corrected chi connectivity index (χ2v) is 5.13. The van der Waals surface area contributed by atoms with E-state index in [9.17, 15) is 0 Å². The summed E-state index contributed by atoms with van der Waals surface area (Å²) < 4.78 is 4.97. The molecule has 96 valence electrons. The summed E-state index contributed by atoms with van der Waals surface area (Å²) >= 11 is 1.95. The van der Waals surface area contributed by atoms with Crippen molar-refractivity contribution in [1.82, 2.24) is 5.32 Å².